The molecule has 0 aliphatic carbocycles. The van der Waals surface area contributed by atoms with Gasteiger partial charge in [-0.2, -0.15) is 0 Å². The molecule has 2 rings (SSSR count). The highest BCUT2D eigenvalue weighted by Gasteiger charge is 2.21. The first kappa shape index (κ1) is 21.4. The van der Waals surface area contributed by atoms with Crippen LogP contribution in [0.3, 0.4) is 0 Å². The lowest BCUT2D eigenvalue weighted by molar-refractivity contribution is -0.115. The first-order chi connectivity index (χ1) is 13.3. The van der Waals surface area contributed by atoms with E-state index in [9.17, 15) is 14.4 Å². The number of esters is 1. The third kappa shape index (κ3) is 5.53. The van der Waals surface area contributed by atoms with E-state index in [0.29, 0.717) is 17.7 Å². The number of benzene rings is 1. The van der Waals surface area contributed by atoms with Crippen LogP contribution in [0.25, 0.3) is 0 Å². The van der Waals surface area contributed by atoms with Crippen molar-refractivity contribution in [3.05, 3.63) is 41.6 Å². The average molecular weight is 402 g/mol. The zero-order chi connectivity index (χ0) is 20.7. The van der Waals surface area contributed by atoms with E-state index in [1.54, 1.807) is 31.2 Å². The van der Waals surface area contributed by atoms with Crippen LogP contribution in [-0.2, 0) is 9.53 Å². The van der Waals surface area contributed by atoms with Crippen LogP contribution < -0.4 is 11.1 Å². The van der Waals surface area contributed by atoms with Crippen molar-refractivity contribution >= 4 is 40.9 Å². The highest BCUT2D eigenvalue weighted by atomic mass is 32.2. The molecule has 8 nitrogen and oxygen atoms in total. The van der Waals surface area contributed by atoms with Crippen LogP contribution in [0, 0.1) is 0 Å². The summed E-state index contributed by atoms with van der Waals surface area (Å²) in [6.45, 7) is 5.24. The van der Waals surface area contributed by atoms with Crippen molar-refractivity contribution in [3.63, 3.8) is 0 Å². The smallest absolute Gasteiger partial charge is 0.343 e. The lowest BCUT2D eigenvalue weighted by Gasteiger charge is -2.14. The van der Waals surface area contributed by atoms with Crippen LogP contribution in [-0.4, -0.2) is 39.5 Å². The molecule has 0 spiro atoms. The minimum absolute atomic E-state index is 0.000343. The Morgan fingerprint density at radius 1 is 1.29 bits per heavy atom. The molecule has 1 atom stereocenters. The van der Waals surface area contributed by atoms with Gasteiger partial charge in [-0.05, 0) is 32.4 Å². The summed E-state index contributed by atoms with van der Waals surface area (Å²) in [4.78, 5) is 44.0. The van der Waals surface area contributed by atoms with Gasteiger partial charge in [0, 0.05) is 17.4 Å². The number of thioether (sulfide) groups is 1. The Morgan fingerprint density at radius 2 is 2.04 bits per heavy atom. The molecule has 28 heavy (non-hydrogen) atoms. The Labute approximate surface area is 167 Å². The van der Waals surface area contributed by atoms with Crippen LogP contribution in [0.4, 0.5) is 11.5 Å². The molecule has 1 aromatic carbocycles. The molecule has 0 aliphatic rings. The van der Waals surface area contributed by atoms with Gasteiger partial charge in [0.05, 0.1) is 11.9 Å². The predicted octanol–water partition coefficient (Wildman–Crippen LogP) is 2.95. The van der Waals surface area contributed by atoms with Crippen LogP contribution in [0.15, 0.2) is 35.6 Å². The summed E-state index contributed by atoms with van der Waals surface area (Å²) in [5, 5.41) is 2.60. The summed E-state index contributed by atoms with van der Waals surface area (Å²) in [5.41, 5.74) is 6.96. The second-order valence-corrected chi connectivity index (χ2v) is 6.98. The second-order valence-electron chi connectivity index (χ2n) is 5.81. The van der Waals surface area contributed by atoms with Crippen LogP contribution >= 0.6 is 11.8 Å². The van der Waals surface area contributed by atoms with Crippen LogP contribution in [0.2, 0.25) is 0 Å². The van der Waals surface area contributed by atoms with Crippen molar-refractivity contribution in [1.82, 2.24) is 9.97 Å². The van der Waals surface area contributed by atoms with E-state index >= 15 is 0 Å². The fourth-order valence-corrected chi connectivity index (χ4v) is 3.14. The number of anilines is 2. The summed E-state index contributed by atoms with van der Waals surface area (Å²) < 4.78 is 4.89. The number of rotatable bonds is 8. The number of nitrogen functional groups attached to an aromatic ring is 1. The molecule has 3 N–H and O–H groups in total. The van der Waals surface area contributed by atoms with Crippen molar-refractivity contribution in [2.24, 2.45) is 0 Å². The number of nitrogens with one attached hydrogen (secondary N) is 1. The molecule has 9 heteroatoms. The number of Topliss-reactive ketones (excluding diaryl/α,β-unsaturated/α-hetero) is 1. The minimum atomic E-state index is -0.591. The zero-order valence-electron chi connectivity index (χ0n) is 15.9. The van der Waals surface area contributed by atoms with E-state index in [1.807, 2.05) is 6.92 Å². The first-order valence-corrected chi connectivity index (χ1v) is 9.61. The molecule has 0 saturated heterocycles. The highest BCUT2D eigenvalue weighted by molar-refractivity contribution is 8.00. The van der Waals surface area contributed by atoms with E-state index in [1.165, 1.54) is 13.1 Å². The molecule has 0 saturated carbocycles. The molecule has 1 amide bonds. The molecule has 0 unspecified atom stereocenters. The van der Waals surface area contributed by atoms with E-state index in [0.717, 1.165) is 11.8 Å². The Bertz CT molecular complexity index is 888. The maximum atomic E-state index is 12.6. The molecule has 0 bridgehead atoms. The number of nitrogens with two attached hydrogens (primary N) is 1. The maximum absolute atomic E-state index is 12.6. The SMILES string of the molecule is CCOC(=O)c1cnc(S[C@H](CC)C(=O)Nc2cccc(C(C)=O)c2)nc1N. The van der Waals surface area contributed by atoms with E-state index in [4.69, 9.17) is 10.5 Å². The van der Waals surface area contributed by atoms with Gasteiger partial charge < -0.3 is 15.8 Å². The molecule has 148 valence electrons. The number of amides is 1. The number of hydrogen-bond donors (Lipinski definition) is 2. The first-order valence-electron chi connectivity index (χ1n) is 8.73. The number of nitrogens with zero attached hydrogens (tertiary/aromatic N) is 2. The van der Waals surface area contributed by atoms with Crippen LogP contribution in [0.5, 0.6) is 0 Å². The number of carbonyl (C=O) groups excluding carboxylic acids is 3. The molecule has 1 heterocycles. The van der Waals surface area contributed by atoms with Gasteiger partial charge in [-0.3, -0.25) is 9.59 Å². The van der Waals surface area contributed by atoms with Crippen molar-refractivity contribution < 1.29 is 19.1 Å². The quantitative estimate of drug-likeness (QED) is 0.299. The lowest BCUT2D eigenvalue weighted by atomic mass is 10.1. The van der Waals surface area contributed by atoms with Crippen molar-refractivity contribution in [2.45, 2.75) is 37.6 Å². The molecular weight excluding hydrogens is 380 g/mol. The van der Waals surface area contributed by atoms with Gasteiger partial charge in [-0.1, -0.05) is 30.8 Å². The number of ketones is 1. The Hall–Kier alpha value is -2.94. The van der Waals surface area contributed by atoms with E-state index in [2.05, 4.69) is 15.3 Å². The van der Waals surface area contributed by atoms with E-state index in [-0.39, 0.29) is 34.8 Å². The third-order valence-electron chi connectivity index (χ3n) is 3.74. The number of aromatic nitrogens is 2. The van der Waals surface area contributed by atoms with Gasteiger partial charge in [-0.25, -0.2) is 14.8 Å². The normalized spacial score (nSPS) is 11.5. The van der Waals surface area contributed by atoms with Gasteiger partial charge >= 0.3 is 5.97 Å². The topological polar surface area (TPSA) is 124 Å². The van der Waals surface area contributed by atoms with Crippen LogP contribution in [0.1, 0.15) is 47.9 Å². The summed E-state index contributed by atoms with van der Waals surface area (Å²) in [5.74, 6) is -0.917. The maximum Gasteiger partial charge on any atom is 0.343 e. The predicted molar refractivity (Wildman–Crippen MR) is 107 cm³/mol. The fourth-order valence-electron chi connectivity index (χ4n) is 2.29. The number of hydrogen-bond acceptors (Lipinski definition) is 8. The Morgan fingerprint density at radius 3 is 2.64 bits per heavy atom. The van der Waals surface area contributed by atoms with Gasteiger partial charge in [0.1, 0.15) is 11.4 Å². The fraction of sp³-hybridized carbons (Fsp3) is 0.316. The summed E-state index contributed by atoms with van der Waals surface area (Å²) in [6, 6.07) is 6.73. The standard InChI is InChI=1S/C19H22N4O4S/c1-4-15(17(25)22-13-8-6-7-12(9-13)11(3)24)28-19-21-10-14(16(20)23-19)18(26)27-5-2/h6-10,15H,4-5H2,1-3H3,(H,22,25)(H2,20,21,23)/t15-/m1/s1. The summed E-state index contributed by atoms with van der Waals surface area (Å²) in [7, 11) is 0. The summed E-state index contributed by atoms with van der Waals surface area (Å²) in [6.07, 6.45) is 1.81. The Balaban J connectivity index is 2.10. The Kier molecular flexibility index (Phi) is 7.51. The molecule has 0 radical (unpaired) electrons. The zero-order valence-corrected chi connectivity index (χ0v) is 16.7. The molecule has 1 aromatic heterocycles. The van der Waals surface area contributed by atoms with Gasteiger partial charge in [0.25, 0.3) is 0 Å². The van der Waals surface area contributed by atoms with Crippen molar-refractivity contribution in [2.75, 3.05) is 17.7 Å². The average Bonchev–Trinajstić information content (AvgIpc) is 2.66. The van der Waals surface area contributed by atoms with Gasteiger partial charge in [0.2, 0.25) is 5.91 Å². The molecule has 0 aliphatic heterocycles. The minimum Gasteiger partial charge on any atom is -0.462 e. The largest absolute Gasteiger partial charge is 0.462 e. The second kappa shape index (κ2) is 9.84. The van der Waals surface area contributed by atoms with E-state index < -0.39 is 11.2 Å². The van der Waals surface area contributed by atoms with Crippen molar-refractivity contribution in [3.8, 4) is 0 Å². The summed E-state index contributed by atoms with van der Waals surface area (Å²) >= 11 is 1.14. The monoisotopic (exact) mass is 402 g/mol. The number of ether oxygens (including phenoxy) is 1. The molecular formula is C19H22N4O4S. The molecule has 2 aromatic rings. The third-order valence-corrected chi connectivity index (χ3v) is 4.98. The lowest BCUT2D eigenvalue weighted by Crippen LogP contribution is -2.25. The molecule has 0 fully saturated rings. The van der Waals surface area contributed by atoms with Gasteiger partial charge in [0.15, 0.2) is 10.9 Å². The van der Waals surface area contributed by atoms with Crippen molar-refractivity contribution in [1.29, 1.82) is 0 Å². The highest BCUT2D eigenvalue weighted by Crippen LogP contribution is 2.25. The number of carbonyl (C=O) groups is 3. The van der Waals surface area contributed by atoms with Gasteiger partial charge in [-0.15, -0.1) is 0 Å².